The lowest BCUT2D eigenvalue weighted by atomic mass is 10.0. The van der Waals surface area contributed by atoms with Crippen molar-refractivity contribution in [2.45, 2.75) is 53.6 Å². The fourth-order valence-electron chi connectivity index (χ4n) is 3.63. The minimum atomic E-state index is -0.396. The summed E-state index contributed by atoms with van der Waals surface area (Å²) in [6.07, 6.45) is 0.247. The van der Waals surface area contributed by atoms with Gasteiger partial charge in [0.1, 0.15) is 0 Å². The second-order valence-corrected chi connectivity index (χ2v) is 8.49. The van der Waals surface area contributed by atoms with E-state index in [0.29, 0.717) is 24.9 Å². The SMILES string of the molecule is Cc1ccccc1CN1CCNC(=O)[C@H]1CC(=O)N(CC(C)C)CC(C)C. The van der Waals surface area contributed by atoms with Gasteiger partial charge in [-0.05, 0) is 29.9 Å². The highest BCUT2D eigenvalue weighted by atomic mass is 16.2. The highest BCUT2D eigenvalue weighted by Crippen LogP contribution is 2.18. The van der Waals surface area contributed by atoms with Crippen LogP contribution in [0.25, 0.3) is 0 Å². The number of carbonyl (C=O) groups is 2. The second kappa shape index (κ2) is 9.88. The van der Waals surface area contributed by atoms with Crippen molar-refractivity contribution in [1.82, 2.24) is 15.1 Å². The van der Waals surface area contributed by atoms with Crippen LogP contribution >= 0.6 is 0 Å². The summed E-state index contributed by atoms with van der Waals surface area (Å²) in [6.45, 7) is 14.2. The lowest BCUT2D eigenvalue weighted by Gasteiger charge is -2.36. The minimum Gasteiger partial charge on any atom is -0.353 e. The van der Waals surface area contributed by atoms with Gasteiger partial charge in [0.2, 0.25) is 11.8 Å². The number of rotatable bonds is 8. The minimum absolute atomic E-state index is 0.0303. The third kappa shape index (κ3) is 6.35. The van der Waals surface area contributed by atoms with Gasteiger partial charge < -0.3 is 10.2 Å². The Labute approximate surface area is 164 Å². The zero-order chi connectivity index (χ0) is 20.0. The maximum Gasteiger partial charge on any atom is 0.237 e. The highest BCUT2D eigenvalue weighted by molar-refractivity contribution is 5.88. The molecule has 1 atom stereocenters. The molecule has 0 spiro atoms. The van der Waals surface area contributed by atoms with E-state index in [2.05, 4.69) is 57.0 Å². The Bertz CT molecular complexity index is 632. The smallest absolute Gasteiger partial charge is 0.237 e. The Balaban J connectivity index is 2.12. The molecule has 1 aromatic rings. The number of nitrogens with one attached hydrogen (secondary N) is 1. The van der Waals surface area contributed by atoms with Crippen molar-refractivity contribution in [3.8, 4) is 0 Å². The molecule has 27 heavy (non-hydrogen) atoms. The highest BCUT2D eigenvalue weighted by Gasteiger charge is 2.33. The van der Waals surface area contributed by atoms with Gasteiger partial charge in [0.05, 0.1) is 12.5 Å². The Morgan fingerprint density at radius 2 is 1.81 bits per heavy atom. The van der Waals surface area contributed by atoms with Gasteiger partial charge in [-0.25, -0.2) is 0 Å². The van der Waals surface area contributed by atoms with E-state index >= 15 is 0 Å². The molecule has 2 amide bonds. The first-order valence-corrected chi connectivity index (χ1v) is 10.1. The number of amides is 2. The van der Waals surface area contributed by atoms with Crippen molar-refractivity contribution < 1.29 is 9.59 Å². The van der Waals surface area contributed by atoms with E-state index in [1.54, 1.807) is 0 Å². The van der Waals surface area contributed by atoms with E-state index < -0.39 is 6.04 Å². The van der Waals surface area contributed by atoms with E-state index in [9.17, 15) is 9.59 Å². The van der Waals surface area contributed by atoms with Crippen molar-refractivity contribution in [2.75, 3.05) is 26.2 Å². The van der Waals surface area contributed by atoms with Crippen molar-refractivity contribution in [1.29, 1.82) is 0 Å². The molecule has 1 fully saturated rings. The van der Waals surface area contributed by atoms with E-state index in [4.69, 9.17) is 0 Å². The summed E-state index contributed by atoms with van der Waals surface area (Å²) in [5.74, 6) is 0.873. The largest absolute Gasteiger partial charge is 0.353 e. The molecule has 1 saturated heterocycles. The number of nitrogens with zero attached hydrogens (tertiary/aromatic N) is 2. The molecule has 5 heteroatoms. The molecule has 150 valence electrons. The molecule has 0 radical (unpaired) electrons. The van der Waals surface area contributed by atoms with Crippen LogP contribution < -0.4 is 5.32 Å². The lowest BCUT2D eigenvalue weighted by Crippen LogP contribution is -2.56. The second-order valence-electron chi connectivity index (χ2n) is 8.49. The summed E-state index contributed by atoms with van der Waals surface area (Å²) in [7, 11) is 0. The maximum absolute atomic E-state index is 13.0. The summed E-state index contributed by atoms with van der Waals surface area (Å²) in [6, 6.07) is 7.85. The third-order valence-corrected chi connectivity index (χ3v) is 4.97. The van der Waals surface area contributed by atoms with Crippen LogP contribution in [0.2, 0.25) is 0 Å². The molecule has 0 aliphatic carbocycles. The molecule has 1 aliphatic heterocycles. The van der Waals surface area contributed by atoms with Crippen LogP contribution in [0.15, 0.2) is 24.3 Å². The van der Waals surface area contributed by atoms with Gasteiger partial charge in [0, 0.05) is 32.7 Å². The van der Waals surface area contributed by atoms with Crippen LogP contribution in [0.1, 0.15) is 45.2 Å². The molecular formula is C22H35N3O2. The number of hydrogen-bond acceptors (Lipinski definition) is 3. The van der Waals surface area contributed by atoms with Crippen molar-refractivity contribution in [2.24, 2.45) is 11.8 Å². The average molecular weight is 374 g/mol. The summed E-state index contributed by atoms with van der Waals surface area (Å²) >= 11 is 0. The van der Waals surface area contributed by atoms with Gasteiger partial charge in [0.25, 0.3) is 0 Å². The quantitative estimate of drug-likeness (QED) is 0.762. The monoisotopic (exact) mass is 373 g/mol. The molecule has 5 nitrogen and oxygen atoms in total. The first-order chi connectivity index (χ1) is 12.8. The molecule has 0 unspecified atom stereocenters. The number of carbonyl (C=O) groups excluding carboxylic acids is 2. The number of piperazine rings is 1. The first kappa shape index (κ1) is 21.4. The Hall–Kier alpha value is -1.88. The van der Waals surface area contributed by atoms with Crippen LogP contribution in [0.3, 0.4) is 0 Å². The van der Waals surface area contributed by atoms with Crippen molar-refractivity contribution in [3.05, 3.63) is 35.4 Å². The van der Waals surface area contributed by atoms with Crippen LogP contribution in [-0.4, -0.2) is 53.8 Å². The summed E-state index contributed by atoms with van der Waals surface area (Å²) < 4.78 is 0. The van der Waals surface area contributed by atoms with Gasteiger partial charge >= 0.3 is 0 Å². The number of benzene rings is 1. The molecule has 1 heterocycles. The van der Waals surface area contributed by atoms with E-state index in [0.717, 1.165) is 19.6 Å². The Kier molecular flexibility index (Phi) is 7.84. The first-order valence-electron chi connectivity index (χ1n) is 10.1. The fraction of sp³-hybridized carbons (Fsp3) is 0.636. The van der Waals surface area contributed by atoms with Crippen LogP contribution in [0, 0.1) is 18.8 Å². The van der Waals surface area contributed by atoms with Crippen molar-refractivity contribution >= 4 is 11.8 Å². The van der Waals surface area contributed by atoms with Crippen LogP contribution in [0.5, 0.6) is 0 Å². The van der Waals surface area contributed by atoms with E-state index in [1.807, 2.05) is 17.0 Å². The maximum atomic E-state index is 13.0. The van der Waals surface area contributed by atoms with Crippen molar-refractivity contribution in [3.63, 3.8) is 0 Å². The van der Waals surface area contributed by atoms with Gasteiger partial charge in [-0.1, -0.05) is 52.0 Å². The molecule has 0 saturated carbocycles. The average Bonchev–Trinajstić information content (AvgIpc) is 2.58. The molecular weight excluding hydrogens is 338 g/mol. The van der Waals surface area contributed by atoms with Gasteiger partial charge in [-0.2, -0.15) is 0 Å². The predicted octanol–water partition coefficient (Wildman–Crippen LogP) is 2.83. The predicted molar refractivity (Wildman–Crippen MR) is 109 cm³/mol. The van der Waals surface area contributed by atoms with E-state index in [-0.39, 0.29) is 18.2 Å². The number of hydrogen-bond donors (Lipinski definition) is 1. The Morgan fingerprint density at radius 3 is 2.41 bits per heavy atom. The van der Waals surface area contributed by atoms with Gasteiger partial charge in [-0.3, -0.25) is 14.5 Å². The zero-order valence-corrected chi connectivity index (χ0v) is 17.5. The molecule has 1 N–H and O–H groups in total. The molecule has 1 aromatic carbocycles. The summed E-state index contributed by atoms with van der Waals surface area (Å²) in [4.78, 5) is 29.7. The third-order valence-electron chi connectivity index (χ3n) is 4.97. The summed E-state index contributed by atoms with van der Waals surface area (Å²) in [5, 5.41) is 2.94. The topological polar surface area (TPSA) is 52.7 Å². The number of aryl methyl sites for hydroxylation is 1. The standard InChI is InChI=1S/C22H35N3O2/c1-16(2)13-25(14-17(3)4)21(26)12-20-22(27)23-10-11-24(20)15-19-9-7-6-8-18(19)5/h6-9,16-17,20H,10-15H2,1-5H3,(H,23,27)/t20-/m1/s1. The molecule has 1 aliphatic rings. The molecule has 0 bridgehead atoms. The summed E-state index contributed by atoms with van der Waals surface area (Å²) in [5.41, 5.74) is 2.43. The van der Waals surface area contributed by atoms with Crippen LogP contribution in [-0.2, 0) is 16.1 Å². The molecule has 2 rings (SSSR count). The van der Waals surface area contributed by atoms with Crippen LogP contribution in [0.4, 0.5) is 0 Å². The van der Waals surface area contributed by atoms with E-state index in [1.165, 1.54) is 11.1 Å². The molecule has 0 aromatic heterocycles. The fourth-order valence-corrected chi connectivity index (χ4v) is 3.63. The lowest BCUT2D eigenvalue weighted by molar-refractivity contribution is -0.139. The van der Waals surface area contributed by atoms with Gasteiger partial charge in [-0.15, -0.1) is 0 Å². The zero-order valence-electron chi connectivity index (χ0n) is 17.5. The van der Waals surface area contributed by atoms with Gasteiger partial charge in [0.15, 0.2) is 0 Å². The normalized spacial score (nSPS) is 18.0. The Morgan fingerprint density at radius 1 is 1.19 bits per heavy atom.